The summed E-state index contributed by atoms with van der Waals surface area (Å²) < 4.78 is 0.981. The topological polar surface area (TPSA) is 20.3 Å². The summed E-state index contributed by atoms with van der Waals surface area (Å²) in [6.07, 6.45) is 0. The second-order valence-corrected chi connectivity index (χ2v) is 5.92. The fraction of sp³-hybridized carbons (Fsp3) is 0.235. The second kappa shape index (κ2) is 6.23. The number of anilines is 1. The third kappa shape index (κ3) is 3.28. The smallest absolute Gasteiger partial charge is 0.161 e. The van der Waals surface area contributed by atoms with Gasteiger partial charge in [0.25, 0.3) is 0 Å². The minimum absolute atomic E-state index is 0.0872. The molecule has 2 aromatic carbocycles. The maximum absolute atomic E-state index is 11.8. The molecular formula is C17H18BrNO. The van der Waals surface area contributed by atoms with Crippen LogP contribution >= 0.6 is 15.9 Å². The monoisotopic (exact) mass is 331 g/mol. The fourth-order valence-electron chi connectivity index (χ4n) is 2.25. The highest BCUT2D eigenvalue weighted by Gasteiger charge is 2.12. The average Bonchev–Trinajstić information content (AvgIpc) is 2.40. The molecule has 0 aromatic heterocycles. The van der Waals surface area contributed by atoms with Crippen molar-refractivity contribution in [3.05, 3.63) is 63.6 Å². The molecule has 20 heavy (non-hydrogen) atoms. The van der Waals surface area contributed by atoms with Gasteiger partial charge in [-0.25, -0.2) is 0 Å². The number of halogens is 1. The van der Waals surface area contributed by atoms with Crippen LogP contribution in [0.15, 0.2) is 46.9 Å². The van der Waals surface area contributed by atoms with Crippen molar-refractivity contribution in [2.24, 2.45) is 0 Å². The van der Waals surface area contributed by atoms with E-state index in [0.717, 1.165) is 22.3 Å². The lowest BCUT2D eigenvalue weighted by molar-refractivity contribution is 0.101. The van der Waals surface area contributed by atoms with Crippen molar-refractivity contribution >= 4 is 27.4 Å². The van der Waals surface area contributed by atoms with Crippen LogP contribution in [0.4, 0.5) is 5.69 Å². The molecule has 2 aromatic rings. The van der Waals surface area contributed by atoms with Gasteiger partial charge in [-0.3, -0.25) is 4.79 Å². The van der Waals surface area contributed by atoms with Crippen molar-refractivity contribution in [2.45, 2.75) is 20.4 Å². The van der Waals surface area contributed by atoms with Gasteiger partial charge < -0.3 is 4.90 Å². The van der Waals surface area contributed by atoms with E-state index < -0.39 is 0 Å². The number of nitrogens with zero attached hydrogens (tertiary/aromatic N) is 1. The molecule has 0 fully saturated rings. The lowest BCUT2D eigenvalue weighted by atomic mass is 10.1. The van der Waals surface area contributed by atoms with Gasteiger partial charge in [-0.15, -0.1) is 0 Å². The molecule has 0 atom stereocenters. The maximum atomic E-state index is 11.8. The van der Waals surface area contributed by atoms with Crippen molar-refractivity contribution in [1.29, 1.82) is 0 Å². The van der Waals surface area contributed by atoms with E-state index >= 15 is 0 Å². The Labute approximate surface area is 128 Å². The Bertz CT molecular complexity index is 637. The summed E-state index contributed by atoms with van der Waals surface area (Å²) in [4.78, 5) is 13.9. The first-order valence-electron chi connectivity index (χ1n) is 6.55. The molecule has 0 amide bonds. The standard InChI is InChI=1S/C17H18BrNO/c1-12-6-4-5-7-14(12)11-19(3)17-10-15(18)8-9-16(17)13(2)20/h4-10H,11H2,1-3H3. The number of benzene rings is 2. The molecule has 2 nitrogen and oxygen atoms in total. The van der Waals surface area contributed by atoms with Crippen molar-refractivity contribution in [3.63, 3.8) is 0 Å². The summed E-state index contributed by atoms with van der Waals surface area (Å²) >= 11 is 3.48. The normalized spacial score (nSPS) is 10.4. The Hall–Kier alpha value is -1.61. The summed E-state index contributed by atoms with van der Waals surface area (Å²) in [5.74, 6) is 0.0872. The predicted molar refractivity (Wildman–Crippen MR) is 87.4 cm³/mol. The van der Waals surface area contributed by atoms with E-state index in [0.29, 0.717) is 0 Å². The van der Waals surface area contributed by atoms with Crippen molar-refractivity contribution in [1.82, 2.24) is 0 Å². The molecule has 0 aliphatic heterocycles. The van der Waals surface area contributed by atoms with E-state index in [1.807, 2.05) is 37.4 Å². The van der Waals surface area contributed by atoms with Crippen molar-refractivity contribution in [2.75, 3.05) is 11.9 Å². The van der Waals surface area contributed by atoms with E-state index in [-0.39, 0.29) is 5.78 Å². The Morgan fingerprint density at radius 2 is 1.90 bits per heavy atom. The molecular weight excluding hydrogens is 314 g/mol. The van der Waals surface area contributed by atoms with E-state index in [9.17, 15) is 4.79 Å². The number of hydrogen-bond donors (Lipinski definition) is 0. The Kier molecular flexibility index (Phi) is 4.61. The molecule has 104 valence electrons. The second-order valence-electron chi connectivity index (χ2n) is 5.00. The first-order chi connectivity index (χ1) is 9.49. The summed E-state index contributed by atoms with van der Waals surface area (Å²) in [6.45, 7) is 4.49. The first kappa shape index (κ1) is 14.8. The summed E-state index contributed by atoms with van der Waals surface area (Å²) in [7, 11) is 2.01. The van der Waals surface area contributed by atoms with E-state index in [2.05, 4.69) is 39.9 Å². The highest BCUT2D eigenvalue weighted by Crippen LogP contribution is 2.26. The van der Waals surface area contributed by atoms with E-state index in [1.165, 1.54) is 11.1 Å². The zero-order chi connectivity index (χ0) is 14.7. The zero-order valence-electron chi connectivity index (χ0n) is 12.0. The summed E-state index contributed by atoms with van der Waals surface area (Å²) in [6, 6.07) is 14.1. The van der Waals surface area contributed by atoms with Crippen molar-refractivity contribution in [3.8, 4) is 0 Å². The molecule has 0 bridgehead atoms. The quantitative estimate of drug-likeness (QED) is 0.763. The van der Waals surface area contributed by atoms with Crippen LogP contribution in [0.1, 0.15) is 28.4 Å². The Balaban J connectivity index is 2.34. The molecule has 0 unspecified atom stereocenters. The third-order valence-corrected chi connectivity index (χ3v) is 3.91. The van der Waals surface area contributed by atoms with Gasteiger partial charge in [0.1, 0.15) is 0 Å². The summed E-state index contributed by atoms with van der Waals surface area (Å²) in [5.41, 5.74) is 4.24. The number of carbonyl (C=O) groups excluding carboxylic acids is 1. The van der Waals surface area contributed by atoms with Gasteiger partial charge in [-0.1, -0.05) is 40.2 Å². The van der Waals surface area contributed by atoms with Gasteiger partial charge in [0, 0.05) is 29.3 Å². The predicted octanol–water partition coefficient (Wildman–Crippen LogP) is 4.60. The number of carbonyl (C=O) groups is 1. The minimum atomic E-state index is 0.0872. The van der Waals surface area contributed by atoms with E-state index in [4.69, 9.17) is 0 Å². The van der Waals surface area contributed by atoms with Crippen LogP contribution in [0.5, 0.6) is 0 Å². The summed E-state index contributed by atoms with van der Waals surface area (Å²) in [5, 5.41) is 0. The van der Waals surface area contributed by atoms with Gasteiger partial charge in [-0.05, 0) is 43.2 Å². The van der Waals surface area contributed by atoms with E-state index in [1.54, 1.807) is 6.92 Å². The van der Waals surface area contributed by atoms with Crippen LogP contribution in [0.25, 0.3) is 0 Å². The number of ketones is 1. The number of rotatable bonds is 4. The molecule has 0 radical (unpaired) electrons. The lowest BCUT2D eigenvalue weighted by Crippen LogP contribution is -2.19. The van der Waals surface area contributed by atoms with Crippen LogP contribution in [0, 0.1) is 6.92 Å². The Morgan fingerprint density at radius 3 is 2.55 bits per heavy atom. The SMILES string of the molecule is CC(=O)c1ccc(Br)cc1N(C)Cc1ccccc1C. The van der Waals surface area contributed by atoms with Crippen LogP contribution in [0.3, 0.4) is 0 Å². The number of aryl methyl sites for hydroxylation is 1. The number of Topliss-reactive ketones (excluding diaryl/α,β-unsaturated/α-hetero) is 1. The van der Waals surface area contributed by atoms with Gasteiger partial charge in [-0.2, -0.15) is 0 Å². The fourth-order valence-corrected chi connectivity index (χ4v) is 2.60. The molecule has 0 spiro atoms. The van der Waals surface area contributed by atoms with Crippen molar-refractivity contribution < 1.29 is 4.79 Å². The van der Waals surface area contributed by atoms with Crippen LogP contribution < -0.4 is 4.90 Å². The molecule has 2 rings (SSSR count). The largest absolute Gasteiger partial charge is 0.370 e. The van der Waals surface area contributed by atoms with Crippen LogP contribution in [-0.4, -0.2) is 12.8 Å². The Morgan fingerprint density at radius 1 is 1.20 bits per heavy atom. The lowest BCUT2D eigenvalue weighted by Gasteiger charge is -2.23. The molecule has 0 saturated heterocycles. The molecule has 0 aliphatic carbocycles. The zero-order valence-corrected chi connectivity index (χ0v) is 13.6. The van der Waals surface area contributed by atoms with Gasteiger partial charge >= 0.3 is 0 Å². The molecule has 0 heterocycles. The molecule has 0 N–H and O–H groups in total. The van der Waals surface area contributed by atoms with Crippen LogP contribution in [-0.2, 0) is 6.54 Å². The third-order valence-electron chi connectivity index (χ3n) is 3.42. The maximum Gasteiger partial charge on any atom is 0.161 e. The van der Waals surface area contributed by atoms with Gasteiger partial charge in [0.2, 0.25) is 0 Å². The molecule has 3 heteroatoms. The highest BCUT2D eigenvalue weighted by molar-refractivity contribution is 9.10. The molecule has 0 saturated carbocycles. The van der Waals surface area contributed by atoms with Gasteiger partial charge in [0.15, 0.2) is 5.78 Å². The van der Waals surface area contributed by atoms with Gasteiger partial charge in [0.05, 0.1) is 0 Å². The first-order valence-corrected chi connectivity index (χ1v) is 7.34. The molecule has 0 aliphatic rings. The highest BCUT2D eigenvalue weighted by atomic mass is 79.9. The number of hydrogen-bond acceptors (Lipinski definition) is 2. The average molecular weight is 332 g/mol. The minimum Gasteiger partial charge on any atom is -0.370 e. The van der Waals surface area contributed by atoms with Crippen LogP contribution in [0.2, 0.25) is 0 Å².